The molecule has 0 aromatic carbocycles. The Hall–Kier alpha value is -0.160. The molecule has 1 fully saturated rings. The van der Waals surface area contributed by atoms with Gasteiger partial charge in [0.1, 0.15) is 0 Å². The third-order valence-corrected chi connectivity index (χ3v) is 3.03. The van der Waals surface area contributed by atoms with Gasteiger partial charge in [0, 0.05) is 40.3 Å². The van der Waals surface area contributed by atoms with E-state index in [2.05, 4.69) is 0 Å². The average Bonchev–Trinajstić information content (AvgIpc) is 2.57. The summed E-state index contributed by atoms with van der Waals surface area (Å²) < 4.78 is 10.5. The summed E-state index contributed by atoms with van der Waals surface area (Å²) in [5.41, 5.74) is 0. The van der Waals surface area contributed by atoms with Crippen LogP contribution in [0, 0.1) is 11.8 Å². The molecular formula is C9H18O4. The number of aliphatic hydroxyl groups is 2. The van der Waals surface area contributed by atoms with Crippen molar-refractivity contribution in [1.82, 2.24) is 0 Å². The first-order chi connectivity index (χ1) is 6.21. The minimum absolute atomic E-state index is 0.0830. The van der Waals surface area contributed by atoms with Crippen molar-refractivity contribution < 1.29 is 19.7 Å². The molecule has 0 aliphatic heterocycles. The van der Waals surface area contributed by atoms with Gasteiger partial charge in [-0.05, 0) is 11.8 Å². The Morgan fingerprint density at radius 3 is 1.69 bits per heavy atom. The summed E-state index contributed by atoms with van der Waals surface area (Å²) in [4.78, 5) is 0. The summed E-state index contributed by atoms with van der Waals surface area (Å²) in [6.45, 7) is 0.166. The molecule has 4 heteroatoms. The molecule has 1 rings (SSSR count). The normalized spacial score (nSPS) is 32.3. The lowest BCUT2D eigenvalue weighted by molar-refractivity contribution is -0.204. The summed E-state index contributed by atoms with van der Waals surface area (Å²) in [7, 11) is 3.19. The highest BCUT2D eigenvalue weighted by Crippen LogP contribution is 2.41. The van der Waals surface area contributed by atoms with Crippen molar-refractivity contribution in [2.75, 3.05) is 27.4 Å². The highest BCUT2D eigenvalue weighted by molar-refractivity contribution is 4.89. The van der Waals surface area contributed by atoms with Crippen LogP contribution in [0.2, 0.25) is 0 Å². The van der Waals surface area contributed by atoms with Crippen molar-refractivity contribution >= 4 is 0 Å². The maximum atomic E-state index is 9.07. The van der Waals surface area contributed by atoms with E-state index < -0.39 is 5.79 Å². The van der Waals surface area contributed by atoms with Crippen molar-refractivity contribution in [1.29, 1.82) is 0 Å². The molecule has 0 spiro atoms. The van der Waals surface area contributed by atoms with Gasteiger partial charge < -0.3 is 19.7 Å². The number of rotatable bonds is 4. The lowest BCUT2D eigenvalue weighted by Gasteiger charge is -2.25. The van der Waals surface area contributed by atoms with Crippen LogP contribution in [0.5, 0.6) is 0 Å². The van der Waals surface area contributed by atoms with Crippen LogP contribution in [0.3, 0.4) is 0 Å². The fraction of sp³-hybridized carbons (Fsp3) is 1.00. The fourth-order valence-electron chi connectivity index (χ4n) is 2.06. The molecule has 1 aliphatic rings. The molecule has 0 amide bonds. The van der Waals surface area contributed by atoms with Gasteiger partial charge in [-0.1, -0.05) is 0 Å². The Balaban J connectivity index is 2.65. The molecule has 0 bridgehead atoms. The number of hydrogen-bond acceptors (Lipinski definition) is 4. The van der Waals surface area contributed by atoms with Crippen molar-refractivity contribution in [3.8, 4) is 0 Å². The van der Waals surface area contributed by atoms with Crippen molar-refractivity contribution in [2.45, 2.75) is 18.6 Å². The molecule has 1 aliphatic carbocycles. The highest BCUT2D eigenvalue weighted by Gasteiger charge is 2.45. The first-order valence-electron chi connectivity index (χ1n) is 4.53. The summed E-state index contributed by atoms with van der Waals surface area (Å²) >= 11 is 0. The molecule has 0 saturated heterocycles. The van der Waals surface area contributed by atoms with Gasteiger partial charge in [-0.25, -0.2) is 0 Å². The van der Waals surface area contributed by atoms with Gasteiger partial charge in [-0.15, -0.1) is 0 Å². The van der Waals surface area contributed by atoms with Crippen molar-refractivity contribution in [3.63, 3.8) is 0 Å². The minimum Gasteiger partial charge on any atom is -0.396 e. The molecule has 0 heterocycles. The van der Waals surface area contributed by atoms with Crippen LogP contribution in [0.4, 0.5) is 0 Å². The summed E-state index contributed by atoms with van der Waals surface area (Å²) in [5, 5.41) is 18.1. The molecule has 0 aromatic heterocycles. The van der Waals surface area contributed by atoms with Gasteiger partial charge in [-0.2, -0.15) is 0 Å². The van der Waals surface area contributed by atoms with Gasteiger partial charge in [0.05, 0.1) is 0 Å². The molecule has 13 heavy (non-hydrogen) atoms. The monoisotopic (exact) mass is 190 g/mol. The number of ether oxygens (including phenoxy) is 2. The quantitative estimate of drug-likeness (QED) is 0.612. The highest BCUT2D eigenvalue weighted by atomic mass is 16.7. The molecule has 0 radical (unpaired) electrons. The maximum absolute atomic E-state index is 9.07. The maximum Gasteiger partial charge on any atom is 0.168 e. The van der Waals surface area contributed by atoms with Gasteiger partial charge in [-0.3, -0.25) is 0 Å². The third kappa shape index (κ3) is 2.02. The summed E-state index contributed by atoms with van der Waals surface area (Å²) in [6, 6.07) is 0. The van der Waals surface area contributed by atoms with E-state index in [9.17, 15) is 0 Å². The second-order valence-electron chi connectivity index (χ2n) is 3.61. The van der Waals surface area contributed by atoms with Gasteiger partial charge in [0.2, 0.25) is 0 Å². The standard InChI is InChI=1S/C9H18O4/c1-12-9(13-2)3-7(5-10)8(4-9)6-11/h7-8,10-11H,3-6H2,1-2H3/t7-,8-/m1/s1. The summed E-state index contributed by atoms with van der Waals surface area (Å²) in [5.74, 6) is -0.421. The molecule has 78 valence electrons. The van der Waals surface area contributed by atoms with Gasteiger partial charge in [0.25, 0.3) is 0 Å². The molecule has 4 nitrogen and oxygen atoms in total. The van der Waals surface area contributed by atoms with Crippen LogP contribution in [0.1, 0.15) is 12.8 Å². The SMILES string of the molecule is COC1(OC)C[C@H](CO)[C@@H](CO)C1. The largest absolute Gasteiger partial charge is 0.396 e. The zero-order valence-corrected chi connectivity index (χ0v) is 8.19. The molecular weight excluding hydrogens is 172 g/mol. The smallest absolute Gasteiger partial charge is 0.168 e. The van der Waals surface area contributed by atoms with E-state index >= 15 is 0 Å². The molecule has 1 saturated carbocycles. The van der Waals surface area contributed by atoms with E-state index in [4.69, 9.17) is 19.7 Å². The van der Waals surface area contributed by atoms with Crippen LogP contribution >= 0.6 is 0 Å². The average molecular weight is 190 g/mol. The fourth-order valence-corrected chi connectivity index (χ4v) is 2.06. The molecule has 0 unspecified atom stereocenters. The van der Waals surface area contributed by atoms with Crippen molar-refractivity contribution in [3.05, 3.63) is 0 Å². The number of methoxy groups -OCH3 is 2. The lowest BCUT2D eigenvalue weighted by atomic mass is 9.98. The number of aliphatic hydroxyl groups excluding tert-OH is 2. The molecule has 2 atom stereocenters. The molecule has 2 N–H and O–H groups in total. The second-order valence-corrected chi connectivity index (χ2v) is 3.61. The minimum atomic E-state index is -0.596. The first kappa shape index (κ1) is 10.9. The lowest BCUT2D eigenvalue weighted by Crippen LogP contribution is -2.30. The topological polar surface area (TPSA) is 58.9 Å². The zero-order chi connectivity index (χ0) is 9.90. The Labute approximate surface area is 78.5 Å². The second kappa shape index (κ2) is 4.37. The van der Waals surface area contributed by atoms with Gasteiger partial charge in [0.15, 0.2) is 5.79 Å². The number of hydrogen-bond donors (Lipinski definition) is 2. The first-order valence-corrected chi connectivity index (χ1v) is 4.53. The van der Waals surface area contributed by atoms with Crippen LogP contribution in [-0.4, -0.2) is 43.4 Å². The predicted molar refractivity (Wildman–Crippen MR) is 47.1 cm³/mol. The third-order valence-electron chi connectivity index (χ3n) is 3.03. The zero-order valence-electron chi connectivity index (χ0n) is 8.19. The Bertz CT molecular complexity index is 142. The Kier molecular flexibility index (Phi) is 3.67. The van der Waals surface area contributed by atoms with E-state index in [0.717, 1.165) is 0 Å². The van der Waals surface area contributed by atoms with Crippen LogP contribution in [-0.2, 0) is 9.47 Å². The van der Waals surface area contributed by atoms with E-state index in [1.807, 2.05) is 0 Å². The Morgan fingerprint density at radius 2 is 1.46 bits per heavy atom. The van der Waals surface area contributed by atoms with E-state index in [-0.39, 0.29) is 25.0 Å². The molecule has 0 aromatic rings. The van der Waals surface area contributed by atoms with Crippen LogP contribution in [0.15, 0.2) is 0 Å². The van der Waals surface area contributed by atoms with E-state index in [1.165, 1.54) is 0 Å². The van der Waals surface area contributed by atoms with Crippen LogP contribution in [0.25, 0.3) is 0 Å². The van der Waals surface area contributed by atoms with Crippen molar-refractivity contribution in [2.24, 2.45) is 11.8 Å². The summed E-state index contributed by atoms with van der Waals surface area (Å²) in [6.07, 6.45) is 1.31. The van der Waals surface area contributed by atoms with Gasteiger partial charge >= 0.3 is 0 Å². The Morgan fingerprint density at radius 1 is 1.08 bits per heavy atom. The predicted octanol–water partition coefficient (Wildman–Crippen LogP) is -0.0137. The van der Waals surface area contributed by atoms with Crippen LogP contribution < -0.4 is 0 Å². The van der Waals surface area contributed by atoms with E-state index in [0.29, 0.717) is 12.8 Å². The van der Waals surface area contributed by atoms with E-state index in [1.54, 1.807) is 14.2 Å².